The summed E-state index contributed by atoms with van der Waals surface area (Å²) in [5.41, 5.74) is 0.590. The first-order chi connectivity index (χ1) is 12.1. The van der Waals surface area contributed by atoms with Gasteiger partial charge < -0.3 is 9.88 Å². The van der Waals surface area contributed by atoms with Gasteiger partial charge in [0.15, 0.2) is 0 Å². The van der Waals surface area contributed by atoms with Crippen LogP contribution in [-0.4, -0.2) is 26.9 Å². The lowest BCUT2D eigenvalue weighted by molar-refractivity contribution is -0.385. The summed E-state index contributed by atoms with van der Waals surface area (Å²) in [6.45, 7) is 1.06. The molecule has 8 heteroatoms. The molecule has 3 rings (SSSR count). The minimum absolute atomic E-state index is 0.0365. The lowest BCUT2D eigenvalue weighted by Gasteiger charge is -2.07. The number of halogens is 1. The number of benzene rings is 1. The molecule has 0 radical (unpaired) electrons. The van der Waals surface area contributed by atoms with Crippen molar-refractivity contribution in [3.8, 4) is 0 Å². The van der Waals surface area contributed by atoms with E-state index >= 15 is 0 Å². The highest BCUT2D eigenvalue weighted by atomic mass is 35.5. The van der Waals surface area contributed by atoms with E-state index in [1.54, 1.807) is 6.20 Å². The number of aromatic nitrogens is 2. The van der Waals surface area contributed by atoms with E-state index in [0.29, 0.717) is 19.5 Å². The highest BCUT2D eigenvalue weighted by Crippen LogP contribution is 2.22. The molecule has 0 saturated heterocycles. The second kappa shape index (κ2) is 7.31. The maximum absolute atomic E-state index is 12.2. The standard InChI is InChI=1S/C17H15ClN4O3/c18-13-4-5-15(22(24)25)14(11-13)17(23)20-8-2-9-21-10-6-12-3-1-7-19-16(12)21/h1,3-7,10-11H,2,8-9H2,(H,20,23). The molecule has 7 nitrogen and oxygen atoms in total. The van der Waals surface area contributed by atoms with Crippen molar-refractivity contribution in [1.29, 1.82) is 0 Å². The summed E-state index contributed by atoms with van der Waals surface area (Å²) < 4.78 is 2.00. The van der Waals surface area contributed by atoms with Crippen LogP contribution in [-0.2, 0) is 6.54 Å². The quantitative estimate of drug-likeness (QED) is 0.415. The molecule has 2 aromatic heterocycles. The molecule has 0 atom stereocenters. The Kier molecular flexibility index (Phi) is 4.95. The van der Waals surface area contributed by atoms with Crippen molar-refractivity contribution < 1.29 is 9.72 Å². The highest BCUT2D eigenvalue weighted by molar-refractivity contribution is 6.31. The van der Waals surface area contributed by atoms with Gasteiger partial charge >= 0.3 is 0 Å². The zero-order valence-corrected chi connectivity index (χ0v) is 13.9. The molecular formula is C17H15ClN4O3. The van der Waals surface area contributed by atoms with Crippen molar-refractivity contribution in [2.45, 2.75) is 13.0 Å². The number of nitro benzene ring substituents is 1. The topological polar surface area (TPSA) is 90.1 Å². The van der Waals surface area contributed by atoms with E-state index in [0.717, 1.165) is 11.0 Å². The van der Waals surface area contributed by atoms with Crippen LogP contribution >= 0.6 is 11.6 Å². The van der Waals surface area contributed by atoms with E-state index < -0.39 is 10.8 Å². The average molecular weight is 359 g/mol. The predicted molar refractivity (Wildman–Crippen MR) is 94.8 cm³/mol. The third-order valence-electron chi connectivity index (χ3n) is 3.78. The number of nitro groups is 1. The minimum Gasteiger partial charge on any atom is -0.352 e. The Balaban J connectivity index is 1.60. The van der Waals surface area contributed by atoms with Gasteiger partial charge in [0.25, 0.3) is 11.6 Å². The first-order valence-corrected chi connectivity index (χ1v) is 8.06. The molecule has 0 aliphatic heterocycles. The number of carbonyl (C=O) groups excluding carboxylic acids is 1. The van der Waals surface area contributed by atoms with E-state index in [-0.39, 0.29) is 16.3 Å². The van der Waals surface area contributed by atoms with Crippen molar-refractivity contribution in [2.75, 3.05) is 6.54 Å². The fourth-order valence-electron chi connectivity index (χ4n) is 2.60. The smallest absolute Gasteiger partial charge is 0.282 e. The maximum atomic E-state index is 12.2. The van der Waals surface area contributed by atoms with Gasteiger partial charge in [-0.3, -0.25) is 14.9 Å². The Labute approximate surface area is 148 Å². The molecule has 0 fully saturated rings. The van der Waals surface area contributed by atoms with Crippen LogP contribution in [0.1, 0.15) is 16.8 Å². The summed E-state index contributed by atoms with van der Waals surface area (Å²) >= 11 is 5.84. The lowest BCUT2D eigenvalue weighted by atomic mass is 10.1. The molecule has 128 valence electrons. The monoisotopic (exact) mass is 358 g/mol. The molecule has 25 heavy (non-hydrogen) atoms. The summed E-state index contributed by atoms with van der Waals surface area (Å²) in [5, 5.41) is 15.1. The van der Waals surface area contributed by atoms with Gasteiger partial charge in [-0.1, -0.05) is 11.6 Å². The summed E-state index contributed by atoms with van der Waals surface area (Å²) in [7, 11) is 0. The van der Waals surface area contributed by atoms with Crippen LogP contribution in [0.4, 0.5) is 5.69 Å². The Hall–Kier alpha value is -2.93. The molecule has 3 aromatic rings. The zero-order chi connectivity index (χ0) is 17.8. The number of nitrogens with zero attached hydrogens (tertiary/aromatic N) is 3. The Bertz CT molecular complexity index is 939. The largest absolute Gasteiger partial charge is 0.352 e. The van der Waals surface area contributed by atoms with Crippen LogP contribution in [0.25, 0.3) is 11.0 Å². The first-order valence-electron chi connectivity index (χ1n) is 7.68. The van der Waals surface area contributed by atoms with E-state index in [4.69, 9.17) is 11.6 Å². The van der Waals surface area contributed by atoms with E-state index in [1.165, 1.54) is 18.2 Å². The fourth-order valence-corrected chi connectivity index (χ4v) is 2.77. The molecule has 2 heterocycles. The van der Waals surface area contributed by atoms with Crippen LogP contribution in [0.3, 0.4) is 0 Å². The van der Waals surface area contributed by atoms with Gasteiger partial charge in [0.2, 0.25) is 0 Å². The van der Waals surface area contributed by atoms with Gasteiger partial charge in [0.05, 0.1) is 4.92 Å². The number of nitrogens with one attached hydrogen (secondary N) is 1. The number of hydrogen-bond acceptors (Lipinski definition) is 4. The average Bonchev–Trinajstić information content (AvgIpc) is 3.01. The fraction of sp³-hybridized carbons (Fsp3) is 0.176. The van der Waals surface area contributed by atoms with Crippen LogP contribution in [0.5, 0.6) is 0 Å². The minimum atomic E-state index is -0.594. The summed E-state index contributed by atoms with van der Waals surface area (Å²) in [6.07, 6.45) is 4.35. The highest BCUT2D eigenvalue weighted by Gasteiger charge is 2.20. The van der Waals surface area contributed by atoms with Gasteiger partial charge in [-0.2, -0.15) is 0 Å². The Morgan fingerprint density at radius 2 is 2.16 bits per heavy atom. The predicted octanol–water partition coefficient (Wildman–Crippen LogP) is 3.42. The summed E-state index contributed by atoms with van der Waals surface area (Å²) in [5.74, 6) is -0.510. The molecule has 1 aromatic carbocycles. The zero-order valence-electron chi connectivity index (χ0n) is 13.2. The van der Waals surface area contributed by atoms with Crippen molar-refractivity contribution in [1.82, 2.24) is 14.9 Å². The molecule has 0 unspecified atom stereocenters. The molecule has 1 N–H and O–H groups in total. The number of aryl methyl sites for hydroxylation is 1. The van der Waals surface area contributed by atoms with E-state index in [2.05, 4.69) is 10.3 Å². The van der Waals surface area contributed by atoms with Crippen molar-refractivity contribution in [2.24, 2.45) is 0 Å². The maximum Gasteiger partial charge on any atom is 0.282 e. The van der Waals surface area contributed by atoms with Gasteiger partial charge in [-0.15, -0.1) is 0 Å². The second-order valence-corrected chi connectivity index (χ2v) is 5.89. The van der Waals surface area contributed by atoms with E-state index in [9.17, 15) is 14.9 Å². The SMILES string of the molecule is O=C(NCCCn1ccc2cccnc21)c1cc(Cl)ccc1[N+](=O)[O-]. The Morgan fingerprint density at radius 1 is 1.32 bits per heavy atom. The van der Waals surface area contributed by atoms with Crippen LogP contribution < -0.4 is 5.32 Å². The van der Waals surface area contributed by atoms with Crippen molar-refractivity contribution in [3.05, 3.63) is 69.5 Å². The van der Waals surface area contributed by atoms with E-state index in [1.807, 2.05) is 29.0 Å². The number of pyridine rings is 1. The van der Waals surface area contributed by atoms with Crippen LogP contribution in [0, 0.1) is 10.1 Å². The number of fused-ring (bicyclic) bond motifs is 1. The second-order valence-electron chi connectivity index (χ2n) is 5.45. The van der Waals surface area contributed by atoms with Gasteiger partial charge in [0.1, 0.15) is 11.2 Å². The summed E-state index contributed by atoms with van der Waals surface area (Å²) in [4.78, 5) is 27.0. The van der Waals surface area contributed by atoms with Crippen molar-refractivity contribution >= 4 is 34.2 Å². The third kappa shape index (κ3) is 3.77. The molecule has 0 spiro atoms. The molecule has 0 aliphatic rings. The van der Waals surface area contributed by atoms with Gasteiger partial charge in [-0.05, 0) is 36.8 Å². The number of rotatable bonds is 6. The third-order valence-corrected chi connectivity index (χ3v) is 4.02. The van der Waals surface area contributed by atoms with Gasteiger partial charge in [-0.25, -0.2) is 4.98 Å². The van der Waals surface area contributed by atoms with Crippen LogP contribution in [0.15, 0.2) is 48.8 Å². The molecule has 0 aliphatic carbocycles. The van der Waals surface area contributed by atoms with Gasteiger partial charge in [0, 0.05) is 42.0 Å². The lowest BCUT2D eigenvalue weighted by Crippen LogP contribution is -2.26. The molecular weight excluding hydrogens is 344 g/mol. The number of carbonyl (C=O) groups is 1. The molecule has 0 saturated carbocycles. The Morgan fingerprint density at radius 3 is 2.96 bits per heavy atom. The van der Waals surface area contributed by atoms with Crippen LogP contribution in [0.2, 0.25) is 5.02 Å². The normalized spacial score (nSPS) is 10.8. The summed E-state index contributed by atoms with van der Waals surface area (Å²) in [6, 6.07) is 9.77. The van der Waals surface area contributed by atoms with Crippen molar-refractivity contribution in [3.63, 3.8) is 0 Å². The first kappa shape index (κ1) is 16.9. The molecule has 0 bridgehead atoms. The molecule has 1 amide bonds. The number of amides is 1. The number of hydrogen-bond donors (Lipinski definition) is 1.